The van der Waals surface area contributed by atoms with Crippen molar-refractivity contribution in [1.29, 1.82) is 0 Å². The molecule has 1 aliphatic heterocycles. The number of ether oxygens (including phenoxy) is 3. The van der Waals surface area contributed by atoms with Gasteiger partial charge in [0.1, 0.15) is 17.1 Å². The molecule has 2 N–H and O–H groups in total. The van der Waals surface area contributed by atoms with Gasteiger partial charge in [-0.1, -0.05) is 12.1 Å². The molecule has 2 aromatic heterocycles. The molecule has 5 rings (SSSR count). The van der Waals surface area contributed by atoms with Crippen molar-refractivity contribution in [3.8, 4) is 23.0 Å². The molecule has 0 bridgehead atoms. The molecule has 9 nitrogen and oxygen atoms in total. The van der Waals surface area contributed by atoms with Gasteiger partial charge in [-0.25, -0.2) is 4.79 Å². The van der Waals surface area contributed by atoms with Crippen LogP contribution in [0.5, 0.6) is 23.0 Å². The highest BCUT2D eigenvalue weighted by molar-refractivity contribution is 5.85. The Morgan fingerprint density at radius 1 is 1.18 bits per heavy atom. The van der Waals surface area contributed by atoms with Crippen molar-refractivity contribution in [3.05, 3.63) is 82.1 Å². The Bertz CT molecular complexity index is 1410. The topological polar surface area (TPSA) is 120 Å². The first kappa shape index (κ1) is 21.4. The monoisotopic (exact) mass is 463 g/mol. The van der Waals surface area contributed by atoms with E-state index in [0.717, 1.165) is 0 Å². The van der Waals surface area contributed by atoms with Gasteiger partial charge >= 0.3 is 5.63 Å². The van der Waals surface area contributed by atoms with E-state index in [2.05, 4.69) is 5.32 Å². The van der Waals surface area contributed by atoms with Crippen LogP contribution in [-0.2, 0) is 11.3 Å². The summed E-state index contributed by atoms with van der Waals surface area (Å²) >= 11 is 0. The van der Waals surface area contributed by atoms with Crippen molar-refractivity contribution in [2.24, 2.45) is 0 Å². The second-order valence-electron chi connectivity index (χ2n) is 7.72. The summed E-state index contributed by atoms with van der Waals surface area (Å²) in [6, 6.07) is 13.5. The number of carbonyl (C=O) groups is 1. The van der Waals surface area contributed by atoms with Crippen LogP contribution in [0.15, 0.2) is 68.4 Å². The van der Waals surface area contributed by atoms with Gasteiger partial charge in [0, 0.05) is 12.3 Å². The summed E-state index contributed by atoms with van der Waals surface area (Å²) in [5.74, 6) is 0.360. The fourth-order valence-corrected chi connectivity index (χ4v) is 4.05. The first-order chi connectivity index (χ1) is 16.5. The van der Waals surface area contributed by atoms with E-state index in [-0.39, 0.29) is 42.6 Å². The molecule has 0 saturated heterocycles. The molecule has 0 saturated carbocycles. The Morgan fingerprint density at radius 3 is 2.82 bits per heavy atom. The molecule has 174 valence electrons. The smallest absolute Gasteiger partial charge is 0.343 e. The fraction of sp³-hybridized carbons (Fsp3) is 0.200. The van der Waals surface area contributed by atoms with Crippen LogP contribution in [-0.4, -0.2) is 24.9 Å². The number of furan rings is 1. The van der Waals surface area contributed by atoms with Crippen LogP contribution in [0, 0.1) is 0 Å². The first-order valence-corrected chi connectivity index (χ1v) is 10.6. The summed E-state index contributed by atoms with van der Waals surface area (Å²) < 4.78 is 27.1. The molecule has 0 fully saturated rings. The Morgan fingerprint density at radius 2 is 2.03 bits per heavy atom. The molecule has 0 aliphatic carbocycles. The summed E-state index contributed by atoms with van der Waals surface area (Å²) in [4.78, 5) is 25.9. The molecule has 1 atom stereocenters. The number of hydrogen-bond acceptors (Lipinski definition) is 8. The highest BCUT2D eigenvalue weighted by Crippen LogP contribution is 2.45. The lowest BCUT2D eigenvalue weighted by Gasteiger charge is -2.19. The van der Waals surface area contributed by atoms with Crippen LogP contribution in [0.3, 0.4) is 0 Å². The highest BCUT2D eigenvalue weighted by atomic mass is 16.7. The number of fused-ring (bicyclic) bond motifs is 2. The average molecular weight is 463 g/mol. The second-order valence-corrected chi connectivity index (χ2v) is 7.72. The second kappa shape index (κ2) is 8.86. The average Bonchev–Trinajstić information content (AvgIpc) is 3.53. The fourth-order valence-electron chi connectivity index (χ4n) is 4.05. The third kappa shape index (κ3) is 3.92. The summed E-state index contributed by atoms with van der Waals surface area (Å²) in [5, 5.41) is 14.2. The number of hydrogen-bond donors (Lipinski definition) is 2. The minimum Gasteiger partial charge on any atom is -0.507 e. The zero-order chi connectivity index (χ0) is 23.7. The maximum Gasteiger partial charge on any atom is 0.343 e. The van der Waals surface area contributed by atoms with Crippen molar-refractivity contribution >= 4 is 16.9 Å². The van der Waals surface area contributed by atoms with Gasteiger partial charge in [0.05, 0.1) is 30.9 Å². The van der Waals surface area contributed by atoms with Gasteiger partial charge in [-0.15, -0.1) is 0 Å². The molecule has 9 heteroatoms. The predicted octanol–water partition coefficient (Wildman–Crippen LogP) is 3.67. The van der Waals surface area contributed by atoms with Crippen LogP contribution in [0.1, 0.15) is 29.2 Å². The zero-order valence-corrected chi connectivity index (χ0v) is 18.2. The number of carbonyl (C=O) groups excluding carboxylic acids is 1. The normalized spacial score (nSPS) is 13.1. The van der Waals surface area contributed by atoms with Crippen LogP contribution in [0.25, 0.3) is 11.0 Å². The molecule has 1 aliphatic rings. The Hall–Kier alpha value is -4.40. The van der Waals surface area contributed by atoms with Crippen molar-refractivity contribution in [3.63, 3.8) is 0 Å². The van der Waals surface area contributed by atoms with Gasteiger partial charge in [-0.05, 0) is 42.0 Å². The number of amides is 1. The SMILES string of the molecule is COc1cc([C@@H](CC(=O)NCc2ccco2)c2c(O)c3ccccc3oc2=O)cc2c1OCO2. The number of methoxy groups -OCH3 is 1. The van der Waals surface area contributed by atoms with E-state index >= 15 is 0 Å². The molecule has 3 heterocycles. The molecule has 0 radical (unpaired) electrons. The van der Waals surface area contributed by atoms with Crippen molar-refractivity contribution in [2.75, 3.05) is 13.9 Å². The van der Waals surface area contributed by atoms with E-state index in [1.807, 2.05) is 0 Å². The lowest BCUT2D eigenvalue weighted by molar-refractivity contribution is -0.121. The summed E-state index contributed by atoms with van der Waals surface area (Å²) in [6.07, 6.45) is 1.36. The van der Waals surface area contributed by atoms with Crippen molar-refractivity contribution in [2.45, 2.75) is 18.9 Å². The highest BCUT2D eigenvalue weighted by Gasteiger charge is 2.30. The van der Waals surface area contributed by atoms with Gasteiger partial charge < -0.3 is 33.5 Å². The third-order valence-electron chi connectivity index (χ3n) is 5.68. The number of benzene rings is 2. The molecule has 2 aromatic carbocycles. The quantitative estimate of drug-likeness (QED) is 0.399. The van der Waals surface area contributed by atoms with Crippen molar-refractivity contribution in [1.82, 2.24) is 5.32 Å². The lowest BCUT2D eigenvalue weighted by Crippen LogP contribution is -2.26. The Kier molecular flexibility index (Phi) is 5.59. The lowest BCUT2D eigenvalue weighted by atomic mass is 9.87. The van der Waals surface area contributed by atoms with E-state index in [4.69, 9.17) is 23.0 Å². The first-order valence-electron chi connectivity index (χ1n) is 10.6. The predicted molar refractivity (Wildman–Crippen MR) is 120 cm³/mol. The van der Waals surface area contributed by atoms with Crippen LogP contribution < -0.4 is 25.2 Å². The van der Waals surface area contributed by atoms with Gasteiger partial charge in [-0.3, -0.25) is 4.79 Å². The van der Waals surface area contributed by atoms with Gasteiger partial charge in [0.15, 0.2) is 11.5 Å². The molecule has 4 aromatic rings. The minimum atomic E-state index is -0.860. The maximum atomic E-state index is 13.0. The van der Waals surface area contributed by atoms with Crippen LogP contribution >= 0.6 is 0 Å². The minimum absolute atomic E-state index is 0.0206. The van der Waals surface area contributed by atoms with Crippen LogP contribution in [0.4, 0.5) is 0 Å². The van der Waals surface area contributed by atoms with E-state index in [0.29, 0.717) is 34.0 Å². The maximum absolute atomic E-state index is 13.0. The summed E-state index contributed by atoms with van der Waals surface area (Å²) in [6.45, 7) is 0.203. The molecule has 0 spiro atoms. The number of nitrogens with one attached hydrogen (secondary N) is 1. The number of rotatable bonds is 7. The third-order valence-corrected chi connectivity index (χ3v) is 5.68. The van der Waals surface area contributed by atoms with Crippen molar-refractivity contribution < 1.29 is 32.9 Å². The summed E-state index contributed by atoms with van der Waals surface area (Å²) in [5.41, 5.74) is -0.00500. The van der Waals surface area contributed by atoms with E-state index in [1.165, 1.54) is 13.4 Å². The van der Waals surface area contributed by atoms with Crippen LogP contribution in [0.2, 0.25) is 0 Å². The molecule has 1 amide bonds. The van der Waals surface area contributed by atoms with E-state index in [9.17, 15) is 14.7 Å². The van der Waals surface area contributed by atoms with Gasteiger partial charge in [0.2, 0.25) is 18.4 Å². The number of para-hydroxylation sites is 1. The largest absolute Gasteiger partial charge is 0.507 e. The summed E-state index contributed by atoms with van der Waals surface area (Å²) in [7, 11) is 1.48. The zero-order valence-electron chi connectivity index (χ0n) is 18.2. The molecule has 0 unspecified atom stereocenters. The Labute approximate surface area is 193 Å². The number of aromatic hydroxyl groups is 1. The standard InChI is InChI=1S/C25H21NO8/c1-30-19-9-14(10-20-24(19)33-13-32-20)17(11-21(27)26-12-15-5-4-8-31-15)22-23(28)16-6-2-3-7-18(16)34-25(22)29/h2-10,17,28H,11-13H2,1H3,(H,26,27)/t17-/m1/s1. The molecular weight excluding hydrogens is 442 g/mol. The van der Waals surface area contributed by atoms with Gasteiger partial charge in [0.25, 0.3) is 0 Å². The van der Waals surface area contributed by atoms with Gasteiger partial charge in [-0.2, -0.15) is 0 Å². The Balaban J connectivity index is 1.59. The van der Waals surface area contributed by atoms with E-state index in [1.54, 1.807) is 48.5 Å². The van der Waals surface area contributed by atoms with E-state index < -0.39 is 11.5 Å². The molecular formula is C25H21NO8. The molecule has 34 heavy (non-hydrogen) atoms.